The number of nitro benzene ring substituents is 1. The maximum atomic E-state index is 12.9. The van der Waals surface area contributed by atoms with E-state index < -0.39 is 28.2 Å². The number of carbonyl (C=O) groups excluding carboxylic acids is 2. The van der Waals surface area contributed by atoms with Gasteiger partial charge in [-0.2, -0.15) is 5.10 Å². The van der Waals surface area contributed by atoms with Gasteiger partial charge in [0, 0.05) is 42.0 Å². The number of nitrogens with one attached hydrogen (secondary N) is 2. The van der Waals surface area contributed by atoms with Crippen LogP contribution < -0.4 is 15.6 Å². The minimum absolute atomic E-state index is 0.00385. The SMILES string of the molecule is CN(C)c1ccc(/C=C(\NC(=O)c2ccccc2)C(=O)N/N=C/c2cc(Cl)cc([N+](=O)[O-])c2O)cc1. The highest BCUT2D eigenvalue weighted by atomic mass is 35.5. The average Bonchev–Trinajstić information content (AvgIpc) is 2.86. The van der Waals surface area contributed by atoms with Crippen LogP contribution in [0.3, 0.4) is 0 Å². The Morgan fingerprint density at radius 1 is 1.08 bits per heavy atom. The van der Waals surface area contributed by atoms with Crippen molar-refractivity contribution in [2.24, 2.45) is 5.10 Å². The highest BCUT2D eigenvalue weighted by Crippen LogP contribution is 2.32. The monoisotopic (exact) mass is 507 g/mol. The molecular weight excluding hydrogens is 486 g/mol. The molecule has 0 saturated carbocycles. The van der Waals surface area contributed by atoms with Crippen LogP contribution in [0.4, 0.5) is 11.4 Å². The van der Waals surface area contributed by atoms with Crippen LogP contribution >= 0.6 is 11.6 Å². The Morgan fingerprint density at radius 3 is 2.36 bits per heavy atom. The Hall–Kier alpha value is -4.70. The number of nitrogens with zero attached hydrogens (tertiary/aromatic N) is 3. The number of hydrogen-bond donors (Lipinski definition) is 3. The standard InChI is InChI=1S/C25H22ClN5O5/c1-30(2)20-10-8-16(9-11-20)12-21(28-24(33)17-6-4-3-5-7-17)25(34)29-27-15-18-13-19(26)14-22(23(18)32)31(35)36/h3-15,32H,1-2H3,(H,28,33)(H,29,34)/b21-12-,27-15+. The molecule has 184 valence electrons. The Bertz CT molecular complexity index is 1340. The van der Waals surface area contributed by atoms with Crippen LogP contribution in [0.5, 0.6) is 5.75 Å². The summed E-state index contributed by atoms with van der Waals surface area (Å²) >= 11 is 5.87. The third kappa shape index (κ3) is 6.67. The van der Waals surface area contributed by atoms with E-state index in [1.807, 2.05) is 31.1 Å². The zero-order chi connectivity index (χ0) is 26.2. The molecule has 0 aliphatic heterocycles. The number of hydrogen-bond acceptors (Lipinski definition) is 7. The molecule has 0 aliphatic carbocycles. The van der Waals surface area contributed by atoms with Gasteiger partial charge in [-0.25, -0.2) is 5.43 Å². The minimum Gasteiger partial charge on any atom is -0.502 e. The molecule has 3 aromatic carbocycles. The Kier molecular flexibility index (Phi) is 8.37. The highest BCUT2D eigenvalue weighted by molar-refractivity contribution is 6.31. The molecule has 11 heteroatoms. The molecule has 3 aromatic rings. The normalized spacial score (nSPS) is 11.2. The first-order chi connectivity index (χ1) is 17.2. The van der Waals surface area contributed by atoms with Crippen molar-refractivity contribution < 1.29 is 19.6 Å². The largest absolute Gasteiger partial charge is 0.502 e. The number of nitro groups is 1. The molecular formula is C25H22ClN5O5. The summed E-state index contributed by atoms with van der Waals surface area (Å²) in [6, 6.07) is 17.9. The van der Waals surface area contributed by atoms with Gasteiger partial charge in [-0.1, -0.05) is 41.9 Å². The summed E-state index contributed by atoms with van der Waals surface area (Å²) in [5.74, 6) is -1.92. The smallest absolute Gasteiger partial charge is 0.312 e. The van der Waals surface area contributed by atoms with E-state index in [-0.39, 0.29) is 16.3 Å². The molecule has 0 unspecified atom stereocenters. The maximum absolute atomic E-state index is 12.9. The van der Waals surface area contributed by atoms with Gasteiger partial charge in [0.05, 0.1) is 11.1 Å². The van der Waals surface area contributed by atoms with Gasteiger partial charge in [-0.15, -0.1) is 0 Å². The van der Waals surface area contributed by atoms with Crippen molar-refractivity contribution in [3.8, 4) is 5.75 Å². The molecule has 3 N–H and O–H groups in total. The van der Waals surface area contributed by atoms with E-state index >= 15 is 0 Å². The summed E-state index contributed by atoms with van der Waals surface area (Å²) in [6.45, 7) is 0. The van der Waals surface area contributed by atoms with Crippen LogP contribution in [-0.2, 0) is 4.79 Å². The van der Waals surface area contributed by atoms with Crippen molar-refractivity contribution in [1.29, 1.82) is 0 Å². The topological polar surface area (TPSA) is 137 Å². The molecule has 0 aromatic heterocycles. The number of amides is 2. The predicted octanol–water partition coefficient (Wildman–Crippen LogP) is 3.94. The number of rotatable bonds is 8. The van der Waals surface area contributed by atoms with E-state index in [1.165, 1.54) is 12.1 Å². The van der Waals surface area contributed by atoms with E-state index in [4.69, 9.17) is 11.6 Å². The van der Waals surface area contributed by atoms with Crippen molar-refractivity contribution in [2.45, 2.75) is 0 Å². The van der Waals surface area contributed by atoms with Crippen molar-refractivity contribution in [3.05, 3.63) is 104 Å². The lowest BCUT2D eigenvalue weighted by Gasteiger charge is -2.12. The first-order valence-corrected chi connectivity index (χ1v) is 10.9. The molecule has 0 saturated heterocycles. The number of benzene rings is 3. The van der Waals surface area contributed by atoms with E-state index in [9.17, 15) is 24.8 Å². The van der Waals surface area contributed by atoms with Gasteiger partial charge in [-0.05, 0) is 42.0 Å². The van der Waals surface area contributed by atoms with E-state index in [0.29, 0.717) is 11.1 Å². The Labute approximate surface area is 211 Å². The fourth-order valence-corrected chi connectivity index (χ4v) is 3.26. The molecule has 3 rings (SSSR count). The third-order valence-corrected chi connectivity index (χ3v) is 5.12. The number of hydrazone groups is 1. The molecule has 0 heterocycles. The van der Waals surface area contributed by atoms with Gasteiger partial charge in [0.15, 0.2) is 0 Å². The quantitative estimate of drug-likeness (QED) is 0.183. The Balaban J connectivity index is 1.86. The lowest BCUT2D eigenvalue weighted by Crippen LogP contribution is -2.32. The lowest BCUT2D eigenvalue weighted by molar-refractivity contribution is -0.385. The molecule has 0 bridgehead atoms. The van der Waals surface area contributed by atoms with E-state index in [2.05, 4.69) is 15.8 Å². The number of carbonyl (C=O) groups is 2. The predicted molar refractivity (Wildman–Crippen MR) is 138 cm³/mol. The van der Waals surface area contributed by atoms with E-state index in [0.717, 1.165) is 18.0 Å². The number of phenolic OH excluding ortho intramolecular Hbond substituents is 1. The van der Waals surface area contributed by atoms with Crippen molar-refractivity contribution in [2.75, 3.05) is 19.0 Å². The molecule has 0 radical (unpaired) electrons. The molecule has 0 atom stereocenters. The molecule has 36 heavy (non-hydrogen) atoms. The zero-order valence-electron chi connectivity index (χ0n) is 19.3. The fraction of sp³-hybridized carbons (Fsp3) is 0.0800. The molecule has 2 amide bonds. The van der Waals surface area contributed by atoms with Gasteiger partial charge < -0.3 is 15.3 Å². The van der Waals surface area contributed by atoms with Crippen LogP contribution in [0.25, 0.3) is 6.08 Å². The van der Waals surface area contributed by atoms with Gasteiger partial charge in [0.1, 0.15) is 5.70 Å². The number of halogens is 1. The van der Waals surface area contributed by atoms with Gasteiger partial charge in [0.25, 0.3) is 11.8 Å². The van der Waals surface area contributed by atoms with Gasteiger partial charge >= 0.3 is 5.69 Å². The minimum atomic E-state index is -0.793. The van der Waals surface area contributed by atoms with Crippen LogP contribution in [0, 0.1) is 10.1 Å². The highest BCUT2D eigenvalue weighted by Gasteiger charge is 2.18. The summed E-state index contributed by atoms with van der Waals surface area (Å²) in [6.07, 6.45) is 2.49. The number of anilines is 1. The van der Waals surface area contributed by atoms with Crippen LogP contribution in [-0.4, -0.2) is 42.2 Å². The second-order valence-corrected chi connectivity index (χ2v) is 8.12. The summed E-state index contributed by atoms with van der Waals surface area (Å²) in [5, 5.41) is 27.5. The van der Waals surface area contributed by atoms with Crippen LogP contribution in [0.1, 0.15) is 21.5 Å². The van der Waals surface area contributed by atoms with Crippen LogP contribution in [0.2, 0.25) is 5.02 Å². The molecule has 0 fully saturated rings. The van der Waals surface area contributed by atoms with E-state index in [1.54, 1.807) is 42.5 Å². The second kappa shape index (κ2) is 11.6. The summed E-state index contributed by atoms with van der Waals surface area (Å²) < 4.78 is 0. The maximum Gasteiger partial charge on any atom is 0.312 e. The second-order valence-electron chi connectivity index (χ2n) is 7.68. The zero-order valence-corrected chi connectivity index (χ0v) is 20.1. The van der Waals surface area contributed by atoms with Crippen LogP contribution in [0.15, 0.2) is 77.5 Å². The fourth-order valence-electron chi connectivity index (χ4n) is 3.04. The molecule has 0 aliphatic rings. The summed E-state index contributed by atoms with van der Waals surface area (Å²) in [7, 11) is 3.79. The van der Waals surface area contributed by atoms with Gasteiger partial charge in [0.2, 0.25) is 5.75 Å². The van der Waals surface area contributed by atoms with Crippen molar-refractivity contribution in [1.82, 2.24) is 10.7 Å². The van der Waals surface area contributed by atoms with Crippen molar-refractivity contribution in [3.63, 3.8) is 0 Å². The lowest BCUT2D eigenvalue weighted by atomic mass is 10.1. The molecule has 0 spiro atoms. The molecule has 10 nitrogen and oxygen atoms in total. The third-order valence-electron chi connectivity index (χ3n) is 4.90. The summed E-state index contributed by atoms with van der Waals surface area (Å²) in [5.41, 5.74) is 3.41. The number of phenols is 1. The number of aromatic hydroxyl groups is 1. The average molecular weight is 508 g/mol. The summed E-state index contributed by atoms with van der Waals surface area (Å²) in [4.78, 5) is 37.8. The Morgan fingerprint density at radius 2 is 1.75 bits per heavy atom. The van der Waals surface area contributed by atoms with Crippen molar-refractivity contribution >= 4 is 47.1 Å². The van der Waals surface area contributed by atoms with Gasteiger partial charge in [-0.3, -0.25) is 19.7 Å². The first-order valence-electron chi connectivity index (χ1n) is 10.5. The first kappa shape index (κ1) is 25.9.